The predicted octanol–water partition coefficient (Wildman–Crippen LogP) is 2.76. The molecule has 4 unspecified atom stereocenters. The van der Waals surface area contributed by atoms with Crippen LogP contribution in [-0.4, -0.2) is 71.5 Å². The Hall–Kier alpha value is -1.89. The minimum Gasteiger partial charge on any atom is -0.478 e. The summed E-state index contributed by atoms with van der Waals surface area (Å²) in [5, 5.41) is 12.3. The van der Waals surface area contributed by atoms with Crippen molar-refractivity contribution in [1.82, 2.24) is 15.1 Å². The second kappa shape index (κ2) is 10.4. The van der Waals surface area contributed by atoms with E-state index in [-0.39, 0.29) is 35.4 Å². The van der Waals surface area contributed by atoms with Gasteiger partial charge >= 0.3 is 5.97 Å². The molecule has 1 fully saturated rings. The lowest BCUT2D eigenvalue weighted by molar-refractivity contribution is -0.141. The normalized spacial score (nSPS) is 23.1. The molecule has 1 aliphatic rings. The quantitative estimate of drug-likeness (QED) is 0.615. The molecule has 7 nitrogen and oxygen atoms in total. The maximum Gasteiger partial charge on any atom is 0.331 e. The first kappa shape index (κ1) is 26.1. The number of carboxylic acids is 1. The van der Waals surface area contributed by atoms with E-state index in [4.69, 9.17) is 0 Å². The van der Waals surface area contributed by atoms with Gasteiger partial charge in [-0.05, 0) is 50.6 Å². The molecule has 7 heteroatoms. The average Bonchev–Trinajstić information content (AvgIpc) is 2.63. The number of amides is 2. The Bertz CT molecular complexity index is 666. The van der Waals surface area contributed by atoms with E-state index >= 15 is 0 Å². The Labute approximate surface area is 181 Å². The van der Waals surface area contributed by atoms with Gasteiger partial charge < -0.3 is 15.3 Å². The number of carboxylic acid groups (broad SMARTS) is 1. The summed E-state index contributed by atoms with van der Waals surface area (Å²) in [5.74, 6) is -0.844. The number of rotatable bonds is 7. The Morgan fingerprint density at radius 2 is 1.80 bits per heavy atom. The Balaban J connectivity index is 3.12. The number of carbonyl (C=O) groups is 3. The first-order valence-corrected chi connectivity index (χ1v) is 10.9. The Morgan fingerprint density at radius 1 is 1.23 bits per heavy atom. The van der Waals surface area contributed by atoms with Gasteiger partial charge in [0.15, 0.2) is 0 Å². The number of hydrogen-bond acceptors (Lipinski definition) is 4. The zero-order chi connectivity index (χ0) is 23.4. The number of likely N-dealkylation sites (tertiary alicyclic amines) is 1. The molecule has 172 valence electrons. The second-order valence-corrected chi connectivity index (χ2v) is 10.3. The fourth-order valence-electron chi connectivity index (χ4n) is 3.88. The van der Waals surface area contributed by atoms with Crippen LogP contribution in [0.2, 0.25) is 0 Å². The van der Waals surface area contributed by atoms with Crippen molar-refractivity contribution < 1.29 is 19.5 Å². The third-order valence-electron chi connectivity index (χ3n) is 6.07. The number of piperidine rings is 1. The van der Waals surface area contributed by atoms with Crippen molar-refractivity contribution in [2.24, 2.45) is 17.3 Å². The maximum atomic E-state index is 13.5. The molecule has 2 N–H and O–H groups in total. The summed E-state index contributed by atoms with van der Waals surface area (Å²) >= 11 is 0. The van der Waals surface area contributed by atoms with Gasteiger partial charge in [0.05, 0.1) is 12.1 Å². The molecular formula is C23H41N3O4. The van der Waals surface area contributed by atoms with Crippen molar-refractivity contribution in [3.05, 3.63) is 11.6 Å². The summed E-state index contributed by atoms with van der Waals surface area (Å²) in [5.41, 5.74) is -0.296. The molecule has 0 bridgehead atoms. The van der Waals surface area contributed by atoms with Gasteiger partial charge in [0.25, 0.3) is 0 Å². The van der Waals surface area contributed by atoms with Crippen molar-refractivity contribution >= 4 is 17.8 Å². The molecule has 0 aromatic rings. The molecular weight excluding hydrogens is 382 g/mol. The smallest absolute Gasteiger partial charge is 0.331 e. The van der Waals surface area contributed by atoms with Crippen LogP contribution in [0.1, 0.15) is 61.3 Å². The molecule has 0 aliphatic carbocycles. The highest BCUT2D eigenvalue weighted by molar-refractivity contribution is 5.91. The van der Waals surface area contributed by atoms with Crippen molar-refractivity contribution in [3.8, 4) is 0 Å². The largest absolute Gasteiger partial charge is 0.478 e. The van der Waals surface area contributed by atoms with E-state index in [1.807, 2.05) is 41.7 Å². The third kappa shape index (κ3) is 6.83. The molecule has 1 rings (SSSR count). The van der Waals surface area contributed by atoms with Gasteiger partial charge in [0.2, 0.25) is 11.8 Å². The molecule has 1 heterocycles. The molecule has 0 spiro atoms. The molecule has 1 aliphatic heterocycles. The van der Waals surface area contributed by atoms with Crippen LogP contribution >= 0.6 is 0 Å². The second-order valence-electron chi connectivity index (χ2n) is 10.3. The highest BCUT2D eigenvalue weighted by Crippen LogP contribution is 2.26. The molecule has 2 amide bonds. The number of likely N-dealkylation sites (N-methyl/N-ethyl adjacent to an activating group) is 2. The van der Waals surface area contributed by atoms with Crippen LogP contribution in [0, 0.1) is 17.3 Å². The highest BCUT2D eigenvalue weighted by Gasteiger charge is 2.39. The third-order valence-corrected chi connectivity index (χ3v) is 6.07. The zero-order valence-corrected chi connectivity index (χ0v) is 20.2. The summed E-state index contributed by atoms with van der Waals surface area (Å²) in [6, 6.07) is -1.33. The van der Waals surface area contributed by atoms with Crippen LogP contribution in [0.5, 0.6) is 0 Å². The first-order valence-electron chi connectivity index (χ1n) is 10.9. The van der Waals surface area contributed by atoms with E-state index in [0.717, 1.165) is 19.4 Å². The Kier molecular flexibility index (Phi) is 9.08. The molecule has 0 aromatic heterocycles. The van der Waals surface area contributed by atoms with Crippen LogP contribution in [-0.2, 0) is 14.4 Å². The standard InChI is InChI=1S/C23H41N3O4/c1-14(2)17(13-16(4)22(29)30)26(9)21(28)19(23(5,6)7)24-20(27)18-12-15(3)10-11-25(18)8/h13-15,17-19H,10-12H2,1-9H3,(H,24,27)(H,29,30)/b16-13+. The highest BCUT2D eigenvalue weighted by atomic mass is 16.4. The lowest BCUT2D eigenvalue weighted by Crippen LogP contribution is -2.60. The lowest BCUT2D eigenvalue weighted by Gasteiger charge is -2.40. The summed E-state index contributed by atoms with van der Waals surface area (Å²) in [6.45, 7) is 14.2. The fraction of sp³-hybridized carbons (Fsp3) is 0.783. The van der Waals surface area contributed by atoms with Crippen molar-refractivity contribution in [1.29, 1.82) is 0 Å². The van der Waals surface area contributed by atoms with Gasteiger partial charge in [0, 0.05) is 12.6 Å². The van der Waals surface area contributed by atoms with Gasteiger partial charge in [-0.2, -0.15) is 0 Å². The SMILES string of the molecule is C/C(=C\C(C(C)C)N(C)C(=O)C(NC(=O)C1CC(C)CCN1C)C(C)(C)C)C(=O)O. The zero-order valence-electron chi connectivity index (χ0n) is 20.2. The average molecular weight is 424 g/mol. The Morgan fingerprint density at radius 3 is 2.27 bits per heavy atom. The van der Waals surface area contributed by atoms with E-state index in [2.05, 4.69) is 17.1 Å². The van der Waals surface area contributed by atoms with Gasteiger partial charge in [-0.25, -0.2) is 4.79 Å². The minimum atomic E-state index is -1.00. The minimum absolute atomic E-state index is 0.0231. The van der Waals surface area contributed by atoms with Crippen LogP contribution < -0.4 is 5.32 Å². The molecule has 0 aromatic carbocycles. The molecule has 0 saturated carbocycles. The molecule has 1 saturated heterocycles. The van der Waals surface area contributed by atoms with Crippen molar-refractivity contribution in [2.75, 3.05) is 20.6 Å². The number of hydrogen-bond donors (Lipinski definition) is 2. The van der Waals surface area contributed by atoms with Crippen molar-refractivity contribution in [2.45, 2.75) is 79.4 Å². The maximum absolute atomic E-state index is 13.5. The fourth-order valence-corrected chi connectivity index (χ4v) is 3.88. The number of nitrogens with one attached hydrogen (secondary N) is 1. The van der Waals surface area contributed by atoms with Gasteiger partial charge in [-0.15, -0.1) is 0 Å². The molecule has 30 heavy (non-hydrogen) atoms. The summed E-state index contributed by atoms with van der Waals surface area (Å²) in [7, 11) is 3.63. The van der Waals surface area contributed by atoms with Gasteiger partial charge in [-0.3, -0.25) is 14.5 Å². The number of nitrogens with zero attached hydrogens (tertiary/aromatic N) is 2. The van der Waals surface area contributed by atoms with Crippen molar-refractivity contribution in [3.63, 3.8) is 0 Å². The van der Waals surface area contributed by atoms with Crippen LogP contribution in [0.25, 0.3) is 0 Å². The summed E-state index contributed by atoms with van der Waals surface area (Å²) in [6.07, 6.45) is 3.46. The number of carbonyl (C=O) groups excluding carboxylic acids is 2. The summed E-state index contributed by atoms with van der Waals surface area (Å²) in [4.78, 5) is 41.5. The first-order chi connectivity index (χ1) is 13.7. The van der Waals surface area contributed by atoms with Gasteiger partial charge in [-0.1, -0.05) is 47.6 Å². The van der Waals surface area contributed by atoms with E-state index in [1.165, 1.54) is 6.92 Å². The monoisotopic (exact) mass is 423 g/mol. The molecule has 4 atom stereocenters. The van der Waals surface area contributed by atoms with Crippen LogP contribution in [0.15, 0.2) is 11.6 Å². The molecule has 0 radical (unpaired) electrons. The topological polar surface area (TPSA) is 90.0 Å². The van der Waals surface area contributed by atoms with E-state index in [0.29, 0.717) is 5.92 Å². The number of aliphatic carboxylic acids is 1. The summed E-state index contributed by atoms with van der Waals surface area (Å²) < 4.78 is 0. The predicted molar refractivity (Wildman–Crippen MR) is 119 cm³/mol. The van der Waals surface area contributed by atoms with E-state index in [9.17, 15) is 19.5 Å². The van der Waals surface area contributed by atoms with Gasteiger partial charge in [0.1, 0.15) is 6.04 Å². The van der Waals surface area contributed by atoms with Crippen LogP contribution in [0.3, 0.4) is 0 Å². The van der Waals surface area contributed by atoms with Crippen LogP contribution in [0.4, 0.5) is 0 Å². The van der Waals surface area contributed by atoms with E-state index in [1.54, 1.807) is 18.0 Å². The van der Waals surface area contributed by atoms with E-state index < -0.39 is 17.4 Å². The lowest BCUT2D eigenvalue weighted by atomic mass is 9.84.